The Kier molecular flexibility index (Phi) is 5.55. The van der Waals surface area contributed by atoms with Crippen LogP contribution in [0.15, 0.2) is 12.1 Å². The summed E-state index contributed by atoms with van der Waals surface area (Å²) >= 11 is 0. The summed E-state index contributed by atoms with van der Waals surface area (Å²) in [6, 6.07) is 3.90. The van der Waals surface area contributed by atoms with Crippen LogP contribution in [0.3, 0.4) is 0 Å². The van der Waals surface area contributed by atoms with Gasteiger partial charge in [0.15, 0.2) is 5.75 Å². The number of aliphatic hydroxyl groups excluding tert-OH is 1. The van der Waals surface area contributed by atoms with Crippen molar-refractivity contribution < 1.29 is 32.5 Å². The first-order chi connectivity index (χ1) is 9.82. The van der Waals surface area contributed by atoms with E-state index < -0.39 is 31.1 Å². The molecule has 1 aromatic rings. The molecule has 0 radical (unpaired) electrons. The Labute approximate surface area is 118 Å². The Hall–Kier alpha value is -2.27. The van der Waals surface area contributed by atoms with Gasteiger partial charge >= 0.3 is 12.3 Å². The number of rotatable bonds is 5. The van der Waals surface area contributed by atoms with Crippen molar-refractivity contribution in [1.82, 2.24) is 0 Å². The van der Waals surface area contributed by atoms with Crippen LogP contribution in [-0.2, 0) is 22.6 Å². The fourth-order valence-corrected chi connectivity index (χ4v) is 1.69. The SMILES string of the molecule is CCOC(=O)Cc1c(CO)ccc(C#N)c1OC(F)(F)F. The zero-order valence-electron chi connectivity index (χ0n) is 11.0. The van der Waals surface area contributed by atoms with Gasteiger partial charge < -0.3 is 14.6 Å². The maximum Gasteiger partial charge on any atom is 0.573 e. The molecule has 0 saturated carbocycles. The molecule has 1 aromatic carbocycles. The number of carbonyl (C=O) groups excluding carboxylic acids is 1. The molecule has 0 fully saturated rings. The van der Waals surface area contributed by atoms with Gasteiger partial charge in [0.25, 0.3) is 0 Å². The number of nitriles is 1. The van der Waals surface area contributed by atoms with Crippen LogP contribution in [-0.4, -0.2) is 24.0 Å². The zero-order chi connectivity index (χ0) is 16.0. The van der Waals surface area contributed by atoms with E-state index in [4.69, 9.17) is 5.26 Å². The molecule has 0 amide bonds. The number of ether oxygens (including phenoxy) is 2. The minimum absolute atomic E-state index is 0.0562. The lowest BCUT2D eigenvalue weighted by Gasteiger charge is -2.17. The van der Waals surface area contributed by atoms with E-state index in [2.05, 4.69) is 9.47 Å². The van der Waals surface area contributed by atoms with E-state index in [1.807, 2.05) is 0 Å². The van der Waals surface area contributed by atoms with Crippen LogP contribution in [0, 0.1) is 11.3 Å². The first kappa shape index (κ1) is 16.8. The fraction of sp³-hybridized carbons (Fsp3) is 0.385. The normalized spacial score (nSPS) is 10.9. The van der Waals surface area contributed by atoms with Crippen molar-refractivity contribution in [2.75, 3.05) is 6.61 Å². The van der Waals surface area contributed by atoms with Gasteiger partial charge in [-0.05, 0) is 18.6 Å². The lowest BCUT2D eigenvalue weighted by atomic mass is 10.00. The Bertz CT molecular complexity index is 564. The summed E-state index contributed by atoms with van der Waals surface area (Å²) in [7, 11) is 0. The molecule has 5 nitrogen and oxygen atoms in total. The molecule has 1 N–H and O–H groups in total. The predicted molar refractivity (Wildman–Crippen MR) is 64.1 cm³/mol. The maximum atomic E-state index is 12.4. The molecular weight excluding hydrogens is 291 g/mol. The Morgan fingerprint density at radius 3 is 2.57 bits per heavy atom. The molecule has 1 rings (SSSR count). The number of halogens is 3. The standard InChI is InChI=1S/C13H12F3NO4/c1-2-20-11(19)5-10-9(7-18)4-3-8(6-17)12(10)21-13(14,15)16/h3-4,18H,2,5,7H2,1H3. The zero-order valence-corrected chi connectivity index (χ0v) is 11.0. The van der Waals surface area contributed by atoms with Crippen LogP contribution in [0.25, 0.3) is 0 Å². The second kappa shape index (κ2) is 6.95. The minimum atomic E-state index is -5.02. The first-order valence-corrected chi connectivity index (χ1v) is 5.89. The Morgan fingerprint density at radius 2 is 2.10 bits per heavy atom. The third-order valence-electron chi connectivity index (χ3n) is 2.49. The number of alkyl halides is 3. The topological polar surface area (TPSA) is 79.5 Å². The van der Waals surface area contributed by atoms with Gasteiger partial charge in [0.1, 0.15) is 6.07 Å². The number of hydrogen-bond donors (Lipinski definition) is 1. The molecule has 0 aliphatic heterocycles. The summed E-state index contributed by atoms with van der Waals surface area (Å²) in [6.07, 6.45) is -5.56. The van der Waals surface area contributed by atoms with Gasteiger partial charge in [-0.25, -0.2) is 0 Å². The number of esters is 1. The van der Waals surface area contributed by atoms with Gasteiger partial charge in [-0.15, -0.1) is 13.2 Å². The lowest BCUT2D eigenvalue weighted by molar-refractivity contribution is -0.275. The molecule has 0 saturated heterocycles. The van der Waals surface area contributed by atoms with Crippen molar-refractivity contribution in [3.8, 4) is 11.8 Å². The molecule has 0 heterocycles. The second-order valence-corrected chi connectivity index (χ2v) is 3.88. The smallest absolute Gasteiger partial charge is 0.466 e. The molecule has 114 valence electrons. The van der Waals surface area contributed by atoms with Gasteiger partial charge in [-0.1, -0.05) is 6.07 Å². The number of benzene rings is 1. The molecule has 0 aromatic heterocycles. The number of aliphatic hydroxyl groups is 1. The Morgan fingerprint density at radius 1 is 1.43 bits per heavy atom. The van der Waals surface area contributed by atoms with Crippen molar-refractivity contribution in [2.45, 2.75) is 26.3 Å². The maximum absolute atomic E-state index is 12.4. The highest BCUT2D eigenvalue weighted by Gasteiger charge is 2.34. The molecule has 0 atom stereocenters. The molecule has 21 heavy (non-hydrogen) atoms. The van der Waals surface area contributed by atoms with Gasteiger partial charge in [0.05, 0.1) is 25.2 Å². The summed E-state index contributed by atoms with van der Waals surface area (Å²) < 4.78 is 45.8. The summed E-state index contributed by atoms with van der Waals surface area (Å²) in [4.78, 5) is 11.5. The van der Waals surface area contributed by atoms with Crippen LogP contribution < -0.4 is 4.74 Å². The molecule has 0 aliphatic rings. The van der Waals surface area contributed by atoms with Crippen molar-refractivity contribution in [2.24, 2.45) is 0 Å². The highest BCUT2D eigenvalue weighted by atomic mass is 19.4. The third kappa shape index (κ3) is 4.65. The number of nitrogens with zero attached hydrogens (tertiary/aromatic N) is 1. The average Bonchev–Trinajstić information content (AvgIpc) is 2.39. The van der Waals surface area contributed by atoms with Gasteiger partial charge in [-0.2, -0.15) is 5.26 Å². The largest absolute Gasteiger partial charge is 0.573 e. The summed E-state index contributed by atoms with van der Waals surface area (Å²) in [5.41, 5.74) is -0.544. The third-order valence-corrected chi connectivity index (χ3v) is 2.49. The van der Waals surface area contributed by atoms with E-state index in [0.29, 0.717) is 0 Å². The van der Waals surface area contributed by atoms with Crippen molar-refractivity contribution in [3.63, 3.8) is 0 Å². The monoisotopic (exact) mass is 303 g/mol. The molecule has 0 aliphatic carbocycles. The van der Waals surface area contributed by atoms with Gasteiger partial charge in [-0.3, -0.25) is 4.79 Å². The lowest BCUT2D eigenvalue weighted by Crippen LogP contribution is -2.21. The van der Waals surface area contributed by atoms with E-state index in [9.17, 15) is 23.1 Å². The quantitative estimate of drug-likeness (QED) is 0.842. The fourth-order valence-electron chi connectivity index (χ4n) is 1.69. The molecule has 0 spiro atoms. The highest BCUT2D eigenvalue weighted by molar-refractivity contribution is 5.75. The highest BCUT2D eigenvalue weighted by Crippen LogP contribution is 2.33. The van der Waals surface area contributed by atoms with Crippen LogP contribution in [0.4, 0.5) is 13.2 Å². The van der Waals surface area contributed by atoms with Crippen LogP contribution in [0.5, 0.6) is 5.75 Å². The average molecular weight is 303 g/mol. The van der Waals surface area contributed by atoms with Gasteiger partial charge in [0.2, 0.25) is 0 Å². The van der Waals surface area contributed by atoms with Crippen LogP contribution >= 0.6 is 0 Å². The molecule has 8 heteroatoms. The van der Waals surface area contributed by atoms with E-state index in [-0.39, 0.29) is 23.3 Å². The minimum Gasteiger partial charge on any atom is -0.466 e. The van der Waals surface area contributed by atoms with Crippen molar-refractivity contribution >= 4 is 5.97 Å². The molecule has 0 unspecified atom stereocenters. The van der Waals surface area contributed by atoms with Crippen molar-refractivity contribution in [1.29, 1.82) is 5.26 Å². The number of hydrogen-bond acceptors (Lipinski definition) is 5. The second-order valence-electron chi connectivity index (χ2n) is 3.88. The van der Waals surface area contributed by atoms with Crippen LogP contribution in [0.2, 0.25) is 0 Å². The summed E-state index contributed by atoms with van der Waals surface area (Å²) in [5, 5.41) is 18.0. The summed E-state index contributed by atoms with van der Waals surface area (Å²) in [5.74, 6) is -1.57. The van der Waals surface area contributed by atoms with Gasteiger partial charge in [0, 0.05) is 5.56 Å². The van der Waals surface area contributed by atoms with E-state index >= 15 is 0 Å². The van der Waals surface area contributed by atoms with E-state index in [1.54, 1.807) is 13.0 Å². The Balaban J connectivity index is 3.34. The summed E-state index contributed by atoms with van der Waals surface area (Å²) in [6.45, 7) is 0.999. The molecular formula is C13H12F3NO4. The van der Waals surface area contributed by atoms with Crippen LogP contribution in [0.1, 0.15) is 23.6 Å². The first-order valence-electron chi connectivity index (χ1n) is 5.89. The van der Waals surface area contributed by atoms with Crippen molar-refractivity contribution in [3.05, 3.63) is 28.8 Å². The predicted octanol–water partition coefficient (Wildman–Crippen LogP) is 2.05. The molecule has 0 bridgehead atoms. The van der Waals surface area contributed by atoms with E-state index in [0.717, 1.165) is 6.07 Å². The number of carbonyl (C=O) groups is 1. The van der Waals surface area contributed by atoms with E-state index in [1.165, 1.54) is 6.07 Å².